The van der Waals surface area contributed by atoms with Gasteiger partial charge in [-0.25, -0.2) is 5.11 Å². The fourth-order valence-corrected chi connectivity index (χ4v) is 0.755. The van der Waals surface area contributed by atoms with Gasteiger partial charge < -0.3 is 14.2 Å². The standard InChI is InChI=1S/C8H17O4/c1-3-11-8(12-4-2)7-10-6-5-9/h8H,3-7H2,1-2H3. The first-order valence-electron chi connectivity index (χ1n) is 4.24. The van der Waals surface area contributed by atoms with Crippen LogP contribution in [0.4, 0.5) is 0 Å². The summed E-state index contributed by atoms with van der Waals surface area (Å²) in [5.41, 5.74) is 0. The summed E-state index contributed by atoms with van der Waals surface area (Å²) in [6, 6.07) is 0. The van der Waals surface area contributed by atoms with E-state index in [0.29, 0.717) is 19.8 Å². The lowest BCUT2D eigenvalue weighted by Crippen LogP contribution is -2.24. The van der Waals surface area contributed by atoms with Crippen LogP contribution in [0, 0.1) is 0 Å². The molecular formula is C8H17O4. The van der Waals surface area contributed by atoms with Crippen molar-refractivity contribution in [1.82, 2.24) is 0 Å². The van der Waals surface area contributed by atoms with Gasteiger partial charge in [0.2, 0.25) is 0 Å². The van der Waals surface area contributed by atoms with Crippen molar-refractivity contribution in [2.24, 2.45) is 0 Å². The van der Waals surface area contributed by atoms with Crippen LogP contribution in [0.1, 0.15) is 13.8 Å². The minimum Gasteiger partial charge on any atom is -0.374 e. The smallest absolute Gasteiger partial charge is 0.180 e. The van der Waals surface area contributed by atoms with E-state index in [1.807, 2.05) is 13.8 Å². The Morgan fingerprint density at radius 1 is 1.17 bits per heavy atom. The third-order valence-electron chi connectivity index (χ3n) is 1.19. The van der Waals surface area contributed by atoms with Gasteiger partial charge in [0, 0.05) is 13.2 Å². The lowest BCUT2D eigenvalue weighted by molar-refractivity contribution is -0.169. The molecule has 0 aliphatic heterocycles. The van der Waals surface area contributed by atoms with Crippen LogP contribution >= 0.6 is 0 Å². The average Bonchev–Trinajstić information content (AvgIpc) is 2.06. The van der Waals surface area contributed by atoms with E-state index < -0.39 is 0 Å². The molecule has 0 N–H and O–H groups in total. The van der Waals surface area contributed by atoms with E-state index in [4.69, 9.17) is 14.2 Å². The highest BCUT2D eigenvalue weighted by atomic mass is 16.7. The molecule has 0 unspecified atom stereocenters. The van der Waals surface area contributed by atoms with Crippen molar-refractivity contribution in [1.29, 1.82) is 0 Å². The quantitative estimate of drug-likeness (QED) is 0.407. The van der Waals surface area contributed by atoms with Crippen molar-refractivity contribution in [3.8, 4) is 0 Å². The predicted octanol–water partition coefficient (Wildman–Crippen LogP) is 0.833. The molecule has 0 aromatic heterocycles. The summed E-state index contributed by atoms with van der Waals surface area (Å²) in [7, 11) is 0. The number of rotatable bonds is 8. The molecule has 0 heterocycles. The zero-order valence-corrected chi connectivity index (χ0v) is 7.75. The SMILES string of the molecule is CCOC(COCC[O])OCC. The first-order chi connectivity index (χ1) is 5.85. The third kappa shape index (κ3) is 6.54. The van der Waals surface area contributed by atoms with Gasteiger partial charge in [0.15, 0.2) is 6.29 Å². The van der Waals surface area contributed by atoms with Crippen molar-refractivity contribution >= 4 is 0 Å². The Labute approximate surface area is 73.4 Å². The molecule has 1 radical (unpaired) electrons. The van der Waals surface area contributed by atoms with Gasteiger partial charge >= 0.3 is 0 Å². The second-order valence-corrected chi connectivity index (χ2v) is 2.12. The molecule has 73 valence electrons. The molecule has 0 saturated heterocycles. The van der Waals surface area contributed by atoms with Crippen molar-refractivity contribution < 1.29 is 19.3 Å². The van der Waals surface area contributed by atoms with Crippen molar-refractivity contribution in [3.63, 3.8) is 0 Å². The van der Waals surface area contributed by atoms with Gasteiger partial charge in [-0.05, 0) is 13.8 Å². The molecule has 12 heavy (non-hydrogen) atoms. The van der Waals surface area contributed by atoms with Crippen molar-refractivity contribution in [3.05, 3.63) is 0 Å². The van der Waals surface area contributed by atoms with Gasteiger partial charge in [0.05, 0.1) is 13.2 Å². The molecule has 0 aliphatic rings. The van der Waals surface area contributed by atoms with Crippen LogP contribution in [0.15, 0.2) is 0 Å². The zero-order chi connectivity index (χ0) is 9.23. The fourth-order valence-electron chi connectivity index (χ4n) is 0.755. The molecule has 0 saturated carbocycles. The summed E-state index contributed by atoms with van der Waals surface area (Å²) in [6.45, 7) is 5.29. The lowest BCUT2D eigenvalue weighted by Gasteiger charge is -2.16. The van der Waals surface area contributed by atoms with Crippen LogP contribution in [0.2, 0.25) is 0 Å². The minimum absolute atomic E-state index is 0.217. The molecule has 4 nitrogen and oxygen atoms in total. The Hall–Kier alpha value is -0.160. The van der Waals surface area contributed by atoms with E-state index in [-0.39, 0.29) is 19.5 Å². The topological polar surface area (TPSA) is 47.6 Å². The van der Waals surface area contributed by atoms with E-state index in [2.05, 4.69) is 0 Å². The van der Waals surface area contributed by atoms with Crippen LogP contribution < -0.4 is 0 Å². The molecular weight excluding hydrogens is 160 g/mol. The summed E-state index contributed by atoms with van der Waals surface area (Å²) in [4.78, 5) is 0. The van der Waals surface area contributed by atoms with Crippen LogP contribution in [0.25, 0.3) is 0 Å². The summed E-state index contributed by atoms with van der Waals surface area (Å²) in [5.74, 6) is 0. The maximum Gasteiger partial charge on any atom is 0.180 e. The Balaban J connectivity index is 3.34. The maximum atomic E-state index is 10.0. The Morgan fingerprint density at radius 3 is 2.17 bits per heavy atom. The molecule has 0 bridgehead atoms. The summed E-state index contributed by atoms with van der Waals surface area (Å²) < 4.78 is 15.3. The van der Waals surface area contributed by atoms with E-state index in [9.17, 15) is 5.11 Å². The first-order valence-corrected chi connectivity index (χ1v) is 4.24. The average molecular weight is 177 g/mol. The highest BCUT2D eigenvalue weighted by molar-refractivity contribution is 4.40. The van der Waals surface area contributed by atoms with Gasteiger partial charge in [-0.1, -0.05) is 0 Å². The van der Waals surface area contributed by atoms with E-state index >= 15 is 0 Å². The summed E-state index contributed by atoms with van der Waals surface area (Å²) in [6.07, 6.45) is -0.327. The van der Waals surface area contributed by atoms with Gasteiger partial charge in [-0.15, -0.1) is 0 Å². The van der Waals surface area contributed by atoms with Gasteiger partial charge in [0.1, 0.15) is 6.61 Å². The molecule has 0 spiro atoms. The van der Waals surface area contributed by atoms with Crippen molar-refractivity contribution in [2.45, 2.75) is 20.1 Å². The molecule has 0 aromatic rings. The Bertz CT molecular complexity index is 81.1. The molecule has 4 heteroatoms. The molecule has 0 aromatic carbocycles. The molecule has 0 fully saturated rings. The van der Waals surface area contributed by atoms with E-state index in [1.165, 1.54) is 0 Å². The molecule has 0 atom stereocenters. The fraction of sp³-hybridized carbons (Fsp3) is 1.00. The highest BCUT2D eigenvalue weighted by Crippen LogP contribution is 1.95. The number of hydrogen-bond acceptors (Lipinski definition) is 3. The van der Waals surface area contributed by atoms with Crippen LogP contribution in [0.3, 0.4) is 0 Å². The second kappa shape index (κ2) is 8.93. The third-order valence-corrected chi connectivity index (χ3v) is 1.19. The Kier molecular flexibility index (Phi) is 8.81. The normalized spacial score (nSPS) is 11.0. The zero-order valence-electron chi connectivity index (χ0n) is 7.75. The van der Waals surface area contributed by atoms with Crippen LogP contribution in [-0.4, -0.2) is 39.3 Å². The Morgan fingerprint density at radius 2 is 1.75 bits per heavy atom. The summed E-state index contributed by atoms with van der Waals surface area (Å²) >= 11 is 0. The molecule has 0 aliphatic carbocycles. The van der Waals surface area contributed by atoms with Gasteiger partial charge in [-0.2, -0.15) is 0 Å². The molecule has 0 rings (SSSR count). The largest absolute Gasteiger partial charge is 0.374 e. The highest BCUT2D eigenvalue weighted by Gasteiger charge is 2.06. The molecule has 0 amide bonds. The predicted molar refractivity (Wildman–Crippen MR) is 43.4 cm³/mol. The van der Waals surface area contributed by atoms with E-state index in [1.54, 1.807) is 0 Å². The monoisotopic (exact) mass is 177 g/mol. The number of ether oxygens (including phenoxy) is 3. The van der Waals surface area contributed by atoms with Gasteiger partial charge in [0.25, 0.3) is 0 Å². The minimum atomic E-state index is -0.327. The van der Waals surface area contributed by atoms with Crippen LogP contribution in [-0.2, 0) is 19.3 Å². The number of hydrogen-bond donors (Lipinski definition) is 0. The van der Waals surface area contributed by atoms with Crippen molar-refractivity contribution in [2.75, 3.05) is 33.0 Å². The second-order valence-electron chi connectivity index (χ2n) is 2.12. The maximum absolute atomic E-state index is 10.0. The lowest BCUT2D eigenvalue weighted by atomic mass is 10.6. The van der Waals surface area contributed by atoms with Crippen LogP contribution in [0.5, 0.6) is 0 Å². The van der Waals surface area contributed by atoms with Gasteiger partial charge in [-0.3, -0.25) is 0 Å². The first kappa shape index (κ1) is 11.8. The van der Waals surface area contributed by atoms with E-state index in [0.717, 1.165) is 0 Å². The summed E-state index contributed by atoms with van der Waals surface area (Å²) in [5, 5.41) is 10.0.